The van der Waals surface area contributed by atoms with Crippen LogP contribution in [0, 0.1) is 5.92 Å². The second-order valence-corrected chi connectivity index (χ2v) is 7.87. The van der Waals surface area contributed by atoms with Gasteiger partial charge in [-0.3, -0.25) is 4.99 Å². The Labute approximate surface area is 192 Å². The van der Waals surface area contributed by atoms with Gasteiger partial charge in [0.1, 0.15) is 0 Å². The Kier molecular flexibility index (Phi) is 14.9. The lowest BCUT2D eigenvalue weighted by Crippen LogP contribution is -2.40. The summed E-state index contributed by atoms with van der Waals surface area (Å²) in [5.41, 5.74) is 0. The molecule has 1 fully saturated rings. The number of methoxy groups -OCH3 is 1. The van der Waals surface area contributed by atoms with Gasteiger partial charge in [-0.1, -0.05) is 18.2 Å². The highest BCUT2D eigenvalue weighted by molar-refractivity contribution is 14.0. The number of unbranched alkanes of at least 4 members (excludes halogenated alkanes) is 1. The monoisotopic (exact) mass is 521 g/mol. The number of aliphatic imine (C=N–C) groups is 1. The molecule has 0 radical (unpaired) electrons. The number of ether oxygens (including phenoxy) is 2. The maximum absolute atomic E-state index is 5.50. The Bertz CT molecular complexity index is 534. The molecule has 160 valence electrons. The van der Waals surface area contributed by atoms with Crippen LogP contribution in [0.3, 0.4) is 0 Å². The summed E-state index contributed by atoms with van der Waals surface area (Å²) >= 11 is 1.97. The maximum atomic E-state index is 5.50. The van der Waals surface area contributed by atoms with E-state index in [1.54, 1.807) is 7.11 Å². The van der Waals surface area contributed by atoms with E-state index in [-0.39, 0.29) is 24.0 Å². The number of nitrogens with zero attached hydrogens (tertiary/aromatic N) is 2. The molecular weight excluding hydrogens is 485 g/mol. The van der Waals surface area contributed by atoms with E-state index in [0.29, 0.717) is 13.2 Å². The molecule has 0 saturated carbocycles. The Hall–Kier alpha value is -0.510. The Balaban J connectivity index is 0.00000392. The molecule has 28 heavy (non-hydrogen) atoms. The molecule has 1 aliphatic rings. The summed E-state index contributed by atoms with van der Waals surface area (Å²) in [5, 5.41) is 3.46. The number of nitrogens with one attached hydrogen (secondary N) is 1. The normalized spacial score (nSPS) is 16.9. The zero-order valence-electron chi connectivity index (χ0n) is 17.3. The number of likely N-dealkylation sites (tertiary alicyclic amines) is 1. The van der Waals surface area contributed by atoms with Crippen molar-refractivity contribution in [2.24, 2.45) is 10.9 Å². The van der Waals surface area contributed by atoms with Gasteiger partial charge in [-0.05, 0) is 44.2 Å². The van der Waals surface area contributed by atoms with Crippen LogP contribution < -0.4 is 5.32 Å². The van der Waals surface area contributed by atoms with Crippen LogP contribution in [0.5, 0.6) is 0 Å². The van der Waals surface area contributed by atoms with Crippen molar-refractivity contribution in [3.05, 3.63) is 30.3 Å². The van der Waals surface area contributed by atoms with Gasteiger partial charge in [0, 0.05) is 50.5 Å². The summed E-state index contributed by atoms with van der Waals surface area (Å²) in [4.78, 5) is 8.62. The van der Waals surface area contributed by atoms with Gasteiger partial charge in [0.2, 0.25) is 0 Å². The second-order valence-electron chi connectivity index (χ2n) is 6.77. The number of benzene rings is 1. The molecule has 0 aromatic heterocycles. The number of rotatable bonds is 12. The molecule has 0 aliphatic carbocycles. The van der Waals surface area contributed by atoms with Gasteiger partial charge >= 0.3 is 0 Å². The van der Waals surface area contributed by atoms with Crippen LogP contribution in [0.1, 0.15) is 26.2 Å². The molecule has 1 aliphatic heterocycles. The molecule has 0 amide bonds. The quantitative estimate of drug-likeness (QED) is 0.147. The van der Waals surface area contributed by atoms with Crippen molar-refractivity contribution in [2.45, 2.75) is 31.1 Å². The highest BCUT2D eigenvalue weighted by Gasteiger charge is 2.24. The van der Waals surface area contributed by atoms with Crippen LogP contribution in [0.2, 0.25) is 0 Å². The minimum Gasteiger partial charge on any atom is -0.382 e. The summed E-state index contributed by atoms with van der Waals surface area (Å²) in [6.07, 6.45) is 3.35. The summed E-state index contributed by atoms with van der Waals surface area (Å²) < 4.78 is 10.5. The molecule has 0 spiro atoms. The first kappa shape index (κ1) is 25.5. The largest absolute Gasteiger partial charge is 0.382 e. The minimum atomic E-state index is 0. The molecule has 1 heterocycles. The van der Waals surface area contributed by atoms with Crippen molar-refractivity contribution < 1.29 is 9.47 Å². The Morgan fingerprint density at radius 2 is 2.04 bits per heavy atom. The average molecular weight is 522 g/mol. The molecule has 1 aromatic rings. The van der Waals surface area contributed by atoms with Gasteiger partial charge in [-0.2, -0.15) is 0 Å². The first-order valence-corrected chi connectivity index (χ1v) is 11.1. The lowest BCUT2D eigenvalue weighted by atomic mass is 10.2. The molecular formula is C21H36IN3O2S. The highest BCUT2D eigenvalue weighted by Crippen LogP contribution is 2.25. The van der Waals surface area contributed by atoms with Crippen molar-refractivity contribution in [1.29, 1.82) is 0 Å². The zero-order chi connectivity index (χ0) is 19.2. The number of hydrogen-bond donors (Lipinski definition) is 1. The molecule has 1 N–H and O–H groups in total. The van der Waals surface area contributed by atoms with Crippen LogP contribution in [0.4, 0.5) is 0 Å². The molecule has 2 rings (SSSR count). The summed E-state index contributed by atoms with van der Waals surface area (Å²) in [6, 6.07) is 10.7. The van der Waals surface area contributed by atoms with Gasteiger partial charge in [0.15, 0.2) is 5.96 Å². The van der Waals surface area contributed by atoms with Crippen LogP contribution in [-0.2, 0) is 9.47 Å². The van der Waals surface area contributed by atoms with E-state index in [1.165, 1.54) is 17.1 Å². The smallest absolute Gasteiger partial charge is 0.193 e. The van der Waals surface area contributed by atoms with E-state index in [0.717, 1.165) is 57.5 Å². The third-order valence-corrected chi connectivity index (χ3v) is 5.78. The first-order valence-electron chi connectivity index (χ1n) is 10.1. The molecule has 1 saturated heterocycles. The van der Waals surface area contributed by atoms with Crippen molar-refractivity contribution in [1.82, 2.24) is 10.2 Å². The van der Waals surface area contributed by atoms with Gasteiger partial charge < -0.3 is 19.7 Å². The molecule has 7 heteroatoms. The van der Waals surface area contributed by atoms with E-state index >= 15 is 0 Å². The summed E-state index contributed by atoms with van der Waals surface area (Å²) in [7, 11) is 1.70. The van der Waals surface area contributed by atoms with Gasteiger partial charge in [0.25, 0.3) is 0 Å². The topological polar surface area (TPSA) is 46.1 Å². The second kappa shape index (κ2) is 16.3. The van der Waals surface area contributed by atoms with Crippen molar-refractivity contribution in [3.63, 3.8) is 0 Å². The van der Waals surface area contributed by atoms with Crippen LogP contribution in [-0.4, -0.2) is 69.7 Å². The molecule has 1 unspecified atom stereocenters. The van der Waals surface area contributed by atoms with Crippen LogP contribution in [0.15, 0.2) is 40.2 Å². The highest BCUT2D eigenvalue weighted by atomic mass is 127. The lowest BCUT2D eigenvalue weighted by Gasteiger charge is -2.21. The summed E-state index contributed by atoms with van der Waals surface area (Å²) in [6.45, 7) is 8.25. The van der Waals surface area contributed by atoms with E-state index in [9.17, 15) is 0 Å². The summed E-state index contributed by atoms with van der Waals surface area (Å²) in [5.74, 6) is 2.98. The fraction of sp³-hybridized carbons (Fsp3) is 0.667. The van der Waals surface area contributed by atoms with E-state index < -0.39 is 0 Å². The predicted octanol–water partition coefficient (Wildman–Crippen LogP) is 4.13. The van der Waals surface area contributed by atoms with Crippen molar-refractivity contribution in [2.75, 3.05) is 58.9 Å². The third kappa shape index (κ3) is 10.3. The average Bonchev–Trinajstić information content (AvgIpc) is 3.17. The SMILES string of the molecule is CCNC(=NCCCCOCCOC)N1CCC(CSc2ccccc2)C1.I. The molecule has 0 bridgehead atoms. The predicted molar refractivity (Wildman–Crippen MR) is 130 cm³/mol. The molecule has 5 nitrogen and oxygen atoms in total. The first-order chi connectivity index (χ1) is 13.3. The van der Waals surface area contributed by atoms with E-state index in [1.807, 2.05) is 11.8 Å². The molecule has 1 atom stereocenters. The van der Waals surface area contributed by atoms with Gasteiger partial charge in [0.05, 0.1) is 13.2 Å². The van der Waals surface area contributed by atoms with Crippen LogP contribution >= 0.6 is 35.7 Å². The number of halogens is 1. The molecule has 1 aromatic carbocycles. The van der Waals surface area contributed by atoms with E-state index in [2.05, 4.69) is 47.5 Å². The van der Waals surface area contributed by atoms with E-state index in [4.69, 9.17) is 14.5 Å². The standard InChI is InChI=1S/C21H35N3O2S.HI/c1-3-22-21(23-12-7-8-14-26-16-15-25-2)24-13-11-19(17-24)18-27-20-9-5-4-6-10-20;/h4-6,9-10,19H,3,7-8,11-18H2,1-2H3,(H,22,23);1H. The fourth-order valence-electron chi connectivity index (χ4n) is 3.06. The fourth-order valence-corrected chi connectivity index (χ4v) is 4.11. The van der Waals surface area contributed by atoms with Gasteiger partial charge in [-0.25, -0.2) is 0 Å². The van der Waals surface area contributed by atoms with Gasteiger partial charge in [-0.15, -0.1) is 35.7 Å². The zero-order valence-corrected chi connectivity index (χ0v) is 20.4. The Morgan fingerprint density at radius 3 is 2.79 bits per heavy atom. The lowest BCUT2D eigenvalue weighted by molar-refractivity contribution is 0.0690. The number of hydrogen-bond acceptors (Lipinski definition) is 4. The number of guanidine groups is 1. The Morgan fingerprint density at radius 1 is 1.21 bits per heavy atom. The number of thioether (sulfide) groups is 1. The van der Waals surface area contributed by atoms with Crippen molar-refractivity contribution >= 4 is 41.7 Å². The van der Waals surface area contributed by atoms with Crippen LogP contribution in [0.25, 0.3) is 0 Å². The minimum absolute atomic E-state index is 0. The third-order valence-electron chi connectivity index (χ3n) is 4.54. The van der Waals surface area contributed by atoms with Crippen molar-refractivity contribution in [3.8, 4) is 0 Å². The maximum Gasteiger partial charge on any atom is 0.193 e.